The second kappa shape index (κ2) is 4.53. The van der Waals surface area contributed by atoms with E-state index < -0.39 is 0 Å². The monoisotopic (exact) mass is 231 g/mol. The molecule has 2 nitrogen and oxygen atoms in total. The molecular weight excluding hydrogens is 210 g/mol. The molecule has 0 heterocycles. The quantitative estimate of drug-likeness (QED) is 0.783. The lowest BCUT2D eigenvalue weighted by molar-refractivity contribution is 0.507. The Morgan fingerprint density at radius 1 is 1.53 bits per heavy atom. The minimum atomic E-state index is -0.127. The van der Waals surface area contributed by atoms with Crippen LogP contribution in [0.5, 0.6) is 0 Å². The molecule has 17 heavy (non-hydrogen) atoms. The fourth-order valence-corrected chi connectivity index (χ4v) is 2.33. The molecule has 0 saturated heterocycles. The molecule has 0 radical (unpaired) electrons. The molecule has 92 valence electrons. The first-order chi connectivity index (χ1) is 7.99. The van der Waals surface area contributed by atoms with Gasteiger partial charge in [0.1, 0.15) is 5.76 Å². The Morgan fingerprint density at radius 2 is 2.18 bits per heavy atom. The van der Waals surface area contributed by atoms with E-state index in [9.17, 15) is 5.11 Å². The highest BCUT2D eigenvalue weighted by atomic mass is 16.3. The number of hydrogen-bond donors (Lipinski definition) is 2. The van der Waals surface area contributed by atoms with E-state index in [0.717, 1.165) is 23.0 Å². The van der Waals surface area contributed by atoms with Gasteiger partial charge in [-0.3, -0.25) is 0 Å². The Balaban J connectivity index is 2.25. The predicted molar refractivity (Wildman–Crippen MR) is 72.0 cm³/mol. The van der Waals surface area contributed by atoms with E-state index in [1.54, 1.807) is 6.08 Å². The predicted octanol–water partition coefficient (Wildman–Crippen LogP) is 3.36. The van der Waals surface area contributed by atoms with Gasteiger partial charge < -0.3 is 10.8 Å². The van der Waals surface area contributed by atoms with E-state index in [1.807, 2.05) is 19.9 Å². The van der Waals surface area contributed by atoms with E-state index in [1.165, 1.54) is 12.0 Å². The SMILES string of the molecule is Cc1cc(C2CC2C)ccc1/C(O)=C\C(C)N. The molecule has 3 atom stereocenters. The van der Waals surface area contributed by atoms with Gasteiger partial charge >= 0.3 is 0 Å². The molecule has 1 aliphatic carbocycles. The van der Waals surface area contributed by atoms with Crippen molar-refractivity contribution in [2.24, 2.45) is 11.7 Å². The number of hydrogen-bond acceptors (Lipinski definition) is 2. The molecule has 2 rings (SSSR count). The Labute approximate surface area is 103 Å². The largest absolute Gasteiger partial charge is 0.508 e. The lowest BCUT2D eigenvalue weighted by atomic mass is 10.00. The Hall–Kier alpha value is -1.28. The zero-order valence-corrected chi connectivity index (χ0v) is 10.8. The summed E-state index contributed by atoms with van der Waals surface area (Å²) in [7, 11) is 0. The summed E-state index contributed by atoms with van der Waals surface area (Å²) < 4.78 is 0. The van der Waals surface area contributed by atoms with Gasteiger partial charge in [-0.1, -0.05) is 25.1 Å². The Kier molecular flexibility index (Phi) is 3.25. The van der Waals surface area contributed by atoms with Crippen molar-refractivity contribution in [1.82, 2.24) is 0 Å². The molecule has 1 fully saturated rings. The zero-order chi connectivity index (χ0) is 12.6. The minimum Gasteiger partial charge on any atom is -0.508 e. The summed E-state index contributed by atoms with van der Waals surface area (Å²) in [5, 5.41) is 9.95. The third-order valence-corrected chi connectivity index (χ3v) is 3.48. The van der Waals surface area contributed by atoms with E-state index in [4.69, 9.17) is 5.73 Å². The molecule has 1 aromatic rings. The van der Waals surface area contributed by atoms with Crippen LogP contribution < -0.4 is 5.73 Å². The summed E-state index contributed by atoms with van der Waals surface area (Å²) in [6.45, 7) is 6.17. The van der Waals surface area contributed by atoms with Gasteiger partial charge in [-0.25, -0.2) is 0 Å². The van der Waals surface area contributed by atoms with E-state index in [-0.39, 0.29) is 11.8 Å². The molecule has 1 saturated carbocycles. The van der Waals surface area contributed by atoms with Crippen molar-refractivity contribution in [1.29, 1.82) is 0 Å². The molecule has 0 aliphatic heterocycles. The van der Waals surface area contributed by atoms with Crippen LogP contribution in [0.4, 0.5) is 0 Å². The highest BCUT2D eigenvalue weighted by Gasteiger charge is 2.33. The topological polar surface area (TPSA) is 46.2 Å². The van der Waals surface area contributed by atoms with Crippen molar-refractivity contribution < 1.29 is 5.11 Å². The second-order valence-electron chi connectivity index (χ2n) is 5.30. The standard InChI is InChI=1S/C15H21NO/c1-9-6-12(14-7-10(14)2)4-5-13(9)15(17)8-11(3)16/h4-6,8,10-11,14,17H,7,16H2,1-3H3/b15-8+. The van der Waals surface area contributed by atoms with Crippen molar-refractivity contribution in [3.63, 3.8) is 0 Å². The summed E-state index contributed by atoms with van der Waals surface area (Å²) in [5.41, 5.74) is 9.06. The fraction of sp³-hybridized carbons (Fsp3) is 0.467. The van der Waals surface area contributed by atoms with E-state index in [2.05, 4.69) is 19.1 Å². The number of nitrogens with two attached hydrogens (primary N) is 1. The van der Waals surface area contributed by atoms with Crippen molar-refractivity contribution in [3.8, 4) is 0 Å². The summed E-state index contributed by atoms with van der Waals surface area (Å²) in [6, 6.07) is 6.19. The van der Waals surface area contributed by atoms with Crippen molar-refractivity contribution in [2.75, 3.05) is 0 Å². The highest BCUT2D eigenvalue weighted by molar-refractivity contribution is 5.62. The van der Waals surface area contributed by atoms with Crippen LogP contribution in [-0.2, 0) is 0 Å². The Morgan fingerprint density at radius 3 is 2.65 bits per heavy atom. The summed E-state index contributed by atoms with van der Waals surface area (Å²) in [6.07, 6.45) is 2.97. The maximum atomic E-state index is 9.95. The zero-order valence-electron chi connectivity index (χ0n) is 10.8. The molecule has 0 amide bonds. The maximum Gasteiger partial charge on any atom is 0.120 e. The van der Waals surface area contributed by atoms with Gasteiger partial charge in [-0.15, -0.1) is 0 Å². The fourth-order valence-electron chi connectivity index (χ4n) is 2.33. The van der Waals surface area contributed by atoms with Crippen LogP contribution in [0.25, 0.3) is 5.76 Å². The lowest BCUT2D eigenvalue weighted by Gasteiger charge is -2.09. The van der Waals surface area contributed by atoms with Gasteiger partial charge in [0.25, 0.3) is 0 Å². The smallest absolute Gasteiger partial charge is 0.120 e. The van der Waals surface area contributed by atoms with Gasteiger partial charge in [-0.2, -0.15) is 0 Å². The molecule has 0 spiro atoms. The van der Waals surface area contributed by atoms with Crippen molar-refractivity contribution in [3.05, 3.63) is 41.0 Å². The van der Waals surface area contributed by atoms with Crippen molar-refractivity contribution >= 4 is 5.76 Å². The summed E-state index contributed by atoms with van der Waals surface area (Å²) in [4.78, 5) is 0. The highest BCUT2D eigenvalue weighted by Crippen LogP contribution is 2.47. The van der Waals surface area contributed by atoms with E-state index in [0.29, 0.717) is 0 Å². The summed E-state index contributed by atoms with van der Waals surface area (Å²) >= 11 is 0. The average molecular weight is 231 g/mol. The molecule has 3 N–H and O–H groups in total. The van der Waals surface area contributed by atoms with Crippen molar-refractivity contribution in [2.45, 2.75) is 39.2 Å². The third kappa shape index (κ3) is 2.70. The van der Waals surface area contributed by atoms with Crippen LogP contribution in [-0.4, -0.2) is 11.1 Å². The first-order valence-corrected chi connectivity index (χ1v) is 6.26. The minimum absolute atomic E-state index is 0.127. The lowest BCUT2D eigenvalue weighted by Crippen LogP contribution is -2.11. The number of rotatable bonds is 3. The van der Waals surface area contributed by atoms with Gasteiger partial charge in [0.05, 0.1) is 0 Å². The number of aryl methyl sites for hydroxylation is 1. The summed E-state index contributed by atoms with van der Waals surface area (Å²) in [5.74, 6) is 1.82. The molecule has 2 heteroatoms. The molecule has 0 aromatic heterocycles. The van der Waals surface area contributed by atoms with Crippen LogP contribution in [0, 0.1) is 12.8 Å². The van der Waals surface area contributed by atoms with Crippen LogP contribution in [0.2, 0.25) is 0 Å². The van der Waals surface area contributed by atoms with E-state index >= 15 is 0 Å². The first kappa shape index (κ1) is 12.2. The van der Waals surface area contributed by atoms with Crippen LogP contribution in [0.15, 0.2) is 24.3 Å². The Bertz CT molecular complexity index is 448. The maximum absolute atomic E-state index is 9.95. The van der Waals surface area contributed by atoms with Gasteiger partial charge in [0.15, 0.2) is 0 Å². The van der Waals surface area contributed by atoms with Gasteiger partial charge in [-0.05, 0) is 49.3 Å². The van der Waals surface area contributed by atoms with Crippen LogP contribution in [0.1, 0.15) is 42.9 Å². The second-order valence-corrected chi connectivity index (χ2v) is 5.30. The first-order valence-electron chi connectivity index (χ1n) is 6.26. The van der Waals surface area contributed by atoms with Gasteiger partial charge in [0.2, 0.25) is 0 Å². The van der Waals surface area contributed by atoms with Crippen LogP contribution in [0.3, 0.4) is 0 Å². The molecule has 3 unspecified atom stereocenters. The molecule has 0 bridgehead atoms. The number of aliphatic hydroxyl groups is 1. The average Bonchev–Trinajstić information content (AvgIpc) is 2.94. The molecular formula is C15H21NO. The molecule has 1 aromatic carbocycles. The normalized spacial score (nSPS) is 25.8. The third-order valence-electron chi connectivity index (χ3n) is 3.48. The van der Waals surface area contributed by atoms with Crippen LogP contribution >= 0.6 is 0 Å². The molecule has 1 aliphatic rings. The number of benzene rings is 1. The van der Waals surface area contributed by atoms with Gasteiger partial charge in [0, 0.05) is 11.6 Å². The number of aliphatic hydroxyl groups excluding tert-OH is 1.